The highest BCUT2D eigenvalue weighted by Crippen LogP contribution is 2.23. The number of halogens is 5. The van der Waals surface area contributed by atoms with Crippen LogP contribution in [0.3, 0.4) is 0 Å². The minimum Gasteiger partial charge on any atom is -0.477 e. The number of benzene rings is 4. The summed E-state index contributed by atoms with van der Waals surface area (Å²) in [6.45, 7) is 5.04. The first kappa shape index (κ1) is 69.7. The van der Waals surface area contributed by atoms with Gasteiger partial charge in [-0.25, -0.2) is 42.3 Å². The first-order valence-corrected chi connectivity index (χ1v) is 25.9. The van der Waals surface area contributed by atoms with Crippen LogP contribution >= 0.6 is 46.5 Å². The lowest BCUT2D eigenvalue weighted by Gasteiger charge is -2.18. The third kappa shape index (κ3) is 28.9. The molecule has 428 valence electrons. The van der Waals surface area contributed by atoms with Gasteiger partial charge in [0.15, 0.2) is 15.4 Å². The number of para-hydroxylation sites is 1. The van der Waals surface area contributed by atoms with Crippen LogP contribution in [-0.4, -0.2) is 109 Å². The van der Waals surface area contributed by atoms with Gasteiger partial charge < -0.3 is 37.9 Å². The number of aldehydes is 2. The van der Waals surface area contributed by atoms with Crippen molar-refractivity contribution in [3.8, 4) is 0 Å². The number of aliphatic hydroxyl groups excluding tert-OH is 1. The summed E-state index contributed by atoms with van der Waals surface area (Å²) < 4.78 is 52.0. The maximum Gasteiger partial charge on any atom is 0.352 e. The van der Waals surface area contributed by atoms with Crippen molar-refractivity contribution in [2.24, 2.45) is 21.7 Å². The number of aromatic nitrogens is 2. The molecular weight excluding hydrogens is 1130 g/mol. The number of nitrogens with zero attached hydrogens (tertiary/aromatic N) is 6. The van der Waals surface area contributed by atoms with Crippen LogP contribution in [0.5, 0.6) is 0 Å². The van der Waals surface area contributed by atoms with Gasteiger partial charge in [-0.15, -0.1) is 34.3 Å². The number of alkyl halides is 1. The van der Waals surface area contributed by atoms with Crippen molar-refractivity contribution in [3.63, 3.8) is 0 Å². The number of carbonyl (C=O) groups excluding carboxylic acids is 5. The van der Waals surface area contributed by atoms with Crippen LogP contribution in [0.1, 0.15) is 59.1 Å². The summed E-state index contributed by atoms with van der Waals surface area (Å²) in [4.78, 5) is 73.8. The van der Waals surface area contributed by atoms with Crippen LogP contribution in [0.15, 0.2) is 132 Å². The summed E-state index contributed by atoms with van der Waals surface area (Å²) in [6, 6.07) is 25.7. The molecule has 27 heteroatoms. The topological polar surface area (TPSA) is 316 Å². The Hall–Kier alpha value is -8.30. The zero-order chi connectivity index (χ0) is 60.2. The first-order valence-electron chi connectivity index (χ1n) is 23.4. The van der Waals surface area contributed by atoms with E-state index >= 15 is 0 Å². The number of allylic oxidation sites excluding steroid dienone is 1. The molecule has 0 saturated carbocycles. The van der Waals surface area contributed by atoms with Crippen molar-refractivity contribution < 1.29 is 56.5 Å². The standard InChI is InChI=1S/C16H15FN4O2S.C10H9FN2S.C9H8ClFO.C6H6FN.C6H8N2O3.C3H4O.C2H6O.CH4N2S/c1-21-14(22)7-6-13(20-21)15(23)19-16-18-9-11(24-16)8-10-4-2-3-5-12(10)17;11-9-4-2-1-3-7(9)5-8-6-13-10(12)14-8;10-8(6-12)5-7-3-1-2-4-9(7)11;7-5-3-1-2-4-6(5)8;1-8-5(9)3-2-4(7-8)6(10)11;1-2-3-4;1-2-3;2-1(3)4/h2-5,9H,6-8H2,1H3,(H,18,19,23);1-4,6H,5H2,(H2,12,13);1-4,6,8H,5H2;1-4H,8H2;2-3H2,1H3,(H,10,11);2-3H,1H2;3H,2H2,1H3;(H4,2,3,4). The Bertz CT molecular complexity index is 2990. The van der Waals surface area contributed by atoms with E-state index in [1.54, 1.807) is 80.0 Å². The van der Waals surface area contributed by atoms with Crippen LogP contribution in [0.4, 0.5) is 33.5 Å². The number of nitrogens with two attached hydrogens (primary N) is 4. The molecule has 2 aromatic heterocycles. The summed E-state index contributed by atoms with van der Waals surface area (Å²) in [5.74, 6) is -2.80. The van der Waals surface area contributed by atoms with Gasteiger partial charge in [0, 0.05) is 81.4 Å². The number of aliphatic carboxylic acids is 1. The lowest BCUT2D eigenvalue weighted by atomic mass is 10.1. The highest BCUT2D eigenvalue weighted by Gasteiger charge is 2.23. The van der Waals surface area contributed by atoms with E-state index in [2.05, 4.69) is 55.8 Å². The first-order chi connectivity index (χ1) is 38.0. The number of thiocarbonyl (C=S) groups is 1. The zero-order valence-electron chi connectivity index (χ0n) is 43.5. The fourth-order valence-electron chi connectivity index (χ4n) is 5.73. The fraction of sp³-hybridized carbons (Fsp3) is 0.226. The second-order valence-electron chi connectivity index (χ2n) is 15.6. The Morgan fingerprint density at radius 2 is 1.14 bits per heavy atom. The van der Waals surface area contributed by atoms with Gasteiger partial charge in [0.2, 0.25) is 11.8 Å². The van der Waals surface area contributed by atoms with Crippen LogP contribution in [-0.2, 0) is 48.0 Å². The van der Waals surface area contributed by atoms with Gasteiger partial charge in [-0.3, -0.25) is 24.5 Å². The minimum atomic E-state index is -1.05. The van der Waals surface area contributed by atoms with E-state index in [-0.39, 0.29) is 89.8 Å². The normalized spacial score (nSPS) is 12.2. The molecule has 1 atom stereocenters. The number of rotatable bonds is 11. The monoisotopic (exact) mass is 1190 g/mol. The lowest BCUT2D eigenvalue weighted by Crippen LogP contribution is -2.34. The van der Waals surface area contributed by atoms with Gasteiger partial charge in [-0.1, -0.05) is 73.3 Å². The number of amides is 3. The molecule has 3 amide bonds. The minimum absolute atomic E-state index is 0.000000000000000222. The number of nitrogens with one attached hydrogen (secondary N) is 1. The number of carboxylic acid groups (broad SMARTS) is 1. The largest absolute Gasteiger partial charge is 0.477 e. The van der Waals surface area contributed by atoms with Crippen LogP contribution in [0.25, 0.3) is 0 Å². The molecule has 4 aromatic carbocycles. The van der Waals surface area contributed by atoms with Crippen molar-refractivity contribution in [2.45, 2.75) is 57.2 Å². The smallest absolute Gasteiger partial charge is 0.352 e. The molecule has 0 fully saturated rings. The molecule has 2 aliphatic rings. The van der Waals surface area contributed by atoms with Crippen molar-refractivity contribution in [1.82, 2.24) is 20.0 Å². The van der Waals surface area contributed by atoms with E-state index in [0.717, 1.165) is 14.8 Å². The average molecular weight is 1190 g/mol. The van der Waals surface area contributed by atoms with Gasteiger partial charge in [0.05, 0.1) is 11.1 Å². The summed E-state index contributed by atoms with van der Waals surface area (Å²) in [7, 11) is 2.97. The van der Waals surface area contributed by atoms with Crippen molar-refractivity contribution >= 4 is 115 Å². The zero-order valence-corrected chi connectivity index (χ0v) is 46.7. The second kappa shape index (κ2) is 39.1. The molecule has 80 heavy (non-hydrogen) atoms. The highest BCUT2D eigenvalue weighted by atomic mass is 35.5. The molecule has 0 saturated heterocycles. The predicted octanol–water partition coefficient (Wildman–Crippen LogP) is 7.70. The Labute approximate surface area is 477 Å². The van der Waals surface area contributed by atoms with Gasteiger partial charge in [0.25, 0.3) is 5.91 Å². The molecular formula is C53H60ClF4N11O8S3. The van der Waals surface area contributed by atoms with Gasteiger partial charge in [-0.05, 0) is 78.7 Å². The second-order valence-corrected chi connectivity index (χ2v) is 18.9. The molecule has 1 unspecified atom stereocenters. The number of anilines is 3. The van der Waals surface area contributed by atoms with Crippen molar-refractivity contribution in [2.75, 3.05) is 37.5 Å². The predicted molar refractivity (Wildman–Crippen MR) is 309 cm³/mol. The summed E-state index contributed by atoms with van der Waals surface area (Å²) in [6.07, 6.45) is 8.00. The maximum absolute atomic E-state index is 13.7. The molecule has 0 bridgehead atoms. The van der Waals surface area contributed by atoms with Gasteiger partial charge >= 0.3 is 5.97 Å². The Balaban J connectivity index is 0.000000497. The molecule has 0 radical (unpaired) electrons. The molecule has 2 aliphatic heterocycles. The molecule has 19 nitrogen and oxygen atoms in total. The lowest BCUT2D eigenvalue weighted by molar-refractivity contribution is -0.132. The molecule has 0 spiro atoms. The molecule has 11 N–H and O–H groups in total. The summed E-state index contributed by atoms with van der Waals surface area (Å²) in [5.41, 5.74) is 22.1. The summed E-state index contributed by atoms with van der Waals surface area (Å²) in [5, 5.41) is 28.8. The Morgan fingerprint density at radius 1 is 0.738 bits per heavy atom. The number of hydrogen-bond donors (Lipinski definition) is 7. The Morgan fingerprint density at radius 3 is 1.51 bits per heavy atom. The number of hydrogen-bond acceptors (Lipinski definition) is 16. The van der Waals surface area contributed by atoms with E-state index in [1.807, 2.05) is 6.07 Å². The van der Waals surface area contributed by atoms with Crippen LogP contribution < -0.4 is 28.3 Å². The van der Waals surface area contributed by atoms with E-state index in [0.29, 0.717) is 64.5 Å². The van der Waals surface area contributed by atoms with Crippen LogP contribution in [0.2, 0.25) is 0 Å². The Kier molecular flexibility index (Phi) is 34.1. The molecule has 8 rings (SSSR count). The SMILES string of the molecule is C=CC=O.CCO.CN1N=C(C(=O)Nc2ncc(Cc3ccccc3F)s2)CCC1=O.CN1N=C(C(=O)O)CCC1=O.NC(N)=S.Nc1ccccc1F.Nc1ncc(Cc2ccccc2F)s1.O=CC(Cl)Cc1ccccc1F. The number of carbonyl (C=O) groups is 6. The van der Waals surface area contributed by atoms with Crippen molar-refractivity contribution in [3.05, 3.63) is 172 Å². The van der Waals surface area contributed by atoms with Gasteiger partial charge in [0.1, 0.15) is 47.3 Å². The van der Waals surface area contributed by atoms with E-state index in [9.17, 15) is 41.5 Å². The number of thiazole rings is 2. The van der Waals surface area contributed by atoms with Gasteiger partial charge in [-0.2, -0.15) is 10.2 Å². The number of hydrazone groups is 2. The third-order valence-electron chi connectivity index (χ3n) is 9.44. The molecule has 0 aliphatic carbocycles. The van der Waals surface area contributed by atoms with E-state index < -0.39 is 11.3 Å². The van der Waals surface area contributed by atoms with Crippen molar-refractivity contribution in [1.29, 1.82) is 0 Å². The van der Waals surface area contributed by atoms with Crippen LogP contribution in [0, 0.1) is 23.3 Å². The number of aliphatic hydroxyl groups is 1. The number of nitrogen functional groups attached to an aromatic ring is 2. The number of carboxylic acids is 1. The molecule has 4 heterocycles. The average Bonchev–Trinajstić information content (AvgIpc) is 4.06. The fourth-order valence-corrected chi connectivity index (χ4v) is 7.44. The molecule has 6 aromatic rings. The maximum atomic E-state index is 13.7. The third-order valence-corrected chi connectivity index (χ3v) is 11.4. The quantitative estimate of drug-likeness (QED) is 0.0163. The summed E-state index contributed by atoms with van der Waals surface area (Å²) >= 11 is 12.3. The van der Waals surface area contributed by atoms with E-state index in [1.165, 1.54) is 78.2 Å². The highest BCUT2D eigenvalue weighted by molar-refractivity contribution is 7.80. The van der Waals surface area contributed by atoms with E-state index in [4.69, 9.17) is 38.1 Å².